The van der Waals surface area contributed by atoms with Crippen molar-refractivity contribution >= 4 is 0 Å². The van der Waals surface area contributed by atoms with E-state index in [0.717, 1.165) is 6.54 Å². The van der Waals surface area contributed by atoms with Crippen LogP contribution >= 0.6 is 0 Å². The van der Waals surface area contributed by atoms with Crippen LogP contribution in [0.25, 0.3) is 11.1 Å². The van der Waals surface area contributed by atoms with E-state index in [4.69, 9.17) is 0 Å². The van der Waals surface area contributed by atoms with Crippen LogP contribution in [-0.4, -0.2) is 23.5 Å². The maximum Gasteiger partial charge on any atom is 0.00412 e. The minimum absolute atomic E-state index is 0.597. The Labute approximate surface area is 142 Å². The molecule has 124 valence electrons. The highest BCUT2D eigenvalue weighted by Gasteiger charge is 2.15. The molecule has 0 aromatic heterocycles. The lowest BCUT2D eigenvalue weighted by molar-refractivity contribution is 0.169. The molecule has 1 nitrogen and oxygen atoms in total. The predicted molar refractivity (Wildman–Crippen MR) is 102 cm³/mol. The molecule has 0 aliphatic rings. The Bertz CT molecular complexity index is 561. The van der Waals surface area contributed by atoms with Crippen molar-refractivity contribution in [3.63, 3.8) is 0 Å². The first-order valence-corrected chi connectivity index (χ1v) is 8.90. The molecule has 0 spiro atoms. The van der Waals surface area contributed by atoms with E-state index in [-0.39, 0.29) is 0 Å². The van der Waals surface area contributed by atoms with Gasteiger partial charge in [0.15, 0.2) is 0 Å². The maximum atomic E-state index is 2.58. The molecule has 0 bridgehead atoms. The lowest BCUT2D eigenvalue weighted by Gasteiger charge is -2.31. The summed E-state index contributed by atoms with van der Waals surface area (Å²) >= 11 is 0. The summed E-state index contributed by atoms with van der Waals surface area (Å²) in [5.74, 6) is 0.597. The fraction of sp³-hybridized carbons (Fsp3) is 0.455. The van der Waals surface area contributed by atoms with Crippen LogP contribution in [-0.2, 0) is 0 Å². The van der Waals surface area contributed by atoms with Gasteiger partial charge in [0.2, 0.25) is 0 Å². The first kappa shape index (κ1) is 17.7. The van der Waals surface area contributed by atoms with Gasteiger partial charge in [-0.25, -0.2) is 0 Å². The monoisotopic (exact) mass is 309 g/mol. The molecule has 0 fully saturated rings. The Hall–Kier alpha value is -1.60. The van der Waals surface area contributed by atoms with Crippen LogP contribution in [0.3, 0.4) is 0 Å². The number of nitrogens with zero attached hydrogens (tertiary/aromatic N) is 1. The van der Waals surface area contributed by atoms with Crippen LogP contribution in [0.4, 0.5) is 0 Å². The largest absolute Gasteiger partial charge is 0.299 e. The highest BCUT2D eigenvalue weighted by atomic mass is 15.2. The molecule has 2 rings (SSSR count). The summed E-state index contributed by atoms with van der Waals surface area (Å²) < 4.78 is 0. The molecular weight excluding hydrogens is 278 g/mol. The summed E-state index contributed by atoms with van der Waals surface area (Å²) in [4.78, 5) is 2.58. The summed E-state index contributed by atoms with van der Waals surface area (Å²) in [5, 5.41) is 0. The van der Waals surface area contributed by atoms with Gasteiger partial charge in [-0.1, -0.05) is 61.5 Å². The zero-order valence-corrected chi connectivity index (χ0v) is 15.3. The summed E-state index contributed by atoms with van der Waals surface area (Å²) in [6, 6.07) is 20.9. The quantitative estimate of drug-likeness (QED) is 0.609. The van der Waals surface area contributed by atoms with E-state index >= 15 is 0 Å². The molecule has 0 amide bonds. The van der Waals surface area contributed by atoms with E-state index in [1.165, 1.54) is 23.1 Å². The molecule has 23 heavy (non-hydrogen) atoms. The second kappa shape index (κ2) is 8.31. The SMILES string of the molecule is CC(CCN(C(C)C)C(C)C)c1ccc(-c2ccccc2)cc1. The Morgan fingerprint density at radius 1 is 0.696 bits per heavy atom. The van der Waals surface area contributed by atoms with Gasteiger partial charge >= 0.3 is 0 Å². The van der Waals surface area contributed by atoms with E-state index in [9.17, 15) is 0 Å². The predicted octanol–water partition coefficient (Wildman–Crippen LogP) is 5.97. The molecule has 1 atom stereocenters. The molecule has 0 saturated heterocycles. The van der Waals surface area contributed by atoms with Gasteiger partial charge < -0.3 is 0 Å². The van der Waals surface area contributed by atoms with Crippen molar-refractivity contribution in [2.24, 2.45) is 0 Å². The van der Waals surface area contributed by atoms with Gasteiger partial charge in [0.05, 0.1) is 0 Å². The Morgan fingerprint density at radius 2 is 1.22 bits per heavy atom. The molecular formula is C22H31N. The van der Waals surface area contributed by atoms with Crippen molar-refractivity contribution in [3.05, 3.63) is 60.2 Å². The molecule has 1 unspecified atom stereocenters. The number of rotatable bonds is 7. The van der Waals surface area contributed by atoms with E-state index in [2.05, 4.69) is 94.1 Å². The van der Waals surface area contributed by atoms with E-state index in [1.54, 1.807) is 0 Å². The average Bonchev–Trinajstić information content (AvgIpc) is 2.55. The molecule has 0 radical (unpaired) electrons. The number of benzene rings is 2. The standard InChI is InChI=1S/C22H31N/c1-17(2)23(18(3)4)16-15-19(5)20-11-13-22(14-12-20)21-9-7-6-8-10-21/h6-14,17-19H,15-16H2,1-5H3. The van der Waals surface area contributed by atoms with Crippen molar-refractivity contribution < 1.29 is 0 Å². The number of hydrogen-bond acceptors (Lipinski definition) is 1. The maximum absolute atomic E-state index is 2.58. The third-order valence-corrected chi connectivity index (χ3v) is 4.73. The Balaban J connectivity index is 1.99. The minimum atomic E-state index is 0.597. The second-order valence-electron chi connectivity index (χ2n) is 7.10. The molecule has 2 aromatic carbocycles. The first-order chi connectivity index (χ1) is 11.0. The van der Waals surface area contributed by atoms with Crippen molar-refractivity contribution in [2.45, 2.75) is 59.0 Å². The van der Waals surface area contributed by atoms with Gasteiger partial charge in [-0.05, 0) is 63.3 Å². The normalized spacial score (nSPS) is 13.0. The highest BCUT2D eigenvalue weighted by Crippen LogP contribution is 2.25. The van der Waals surface area contributed by atoms with Crippen LogP contribution < -0.4 is 0 Å². The van der Waals surface area contributed by atoms with Gasteiger partial charge in [0, 0.05) is 12.1 Å². The lowest BCUT2D eigenvalue weighted by Crippen LogP contribution is -2.38. The first-order valence-electron chi connectivity index (χ1n) is 8.90. The third kappa shape index (κ3) is 4.94. The van der Waals surface area contributed by atoms with Crippen LogP contribution in [0.2, 0.25) is 0 Å². The van der Waals surface area contributed by atoms with Gasteiger partial charge in [-0.2, -0.15) is 0 Å². The lowest BCUT2D eigenvalue weighted by atomic mass is 9.94. The summed E-state index contributed by atoms with van der Waals surface area (Å²) in [5.41, 5.74) is 4.03. The molecule has 1 heteroatoms. The highest BCUT2D eigenvalue weighted by molar-refractivity contribution is 5.63. The molecule has 0 aliphatic heterocycles. The molecule has 0 heterocycles. The molecule has 2 aromatic rings. The van der Waals surface area contributed by atoms with E-state index in [1.807, 2.05) is 0 Å². The van der Waals surface area contributed by atoms with Crippen molar-refractivity contribution in [1.82, 2.24) is 4.90 Å². The fourth-order valence-electron chi connectivity index (χ4n) is 3.26. The summed E-state index contributed by atoms with van der Waals surface area (Å²) in [7, 11) is 0. The van der Waals surface area contributed by atoms with Crippen molar-refractivity contribution in [3.8, 4) is 11.1 Å². The van der Waals surface area contributed by atoms with Crippen LogP contribution in [0.5, 0.6) is 0 Å². The van der Waals surface area contributed by atoms with Crippen molar-refractivity contribution in [2.75, 3.05) is 6.54 Å². The Morgan fingerprint density at radius 3 is 1.74 bits per heavy atom. The number of hydrogen-bond donors (Lipinski definition) is 0. The topological polar surface area (TPSA) is 3.24 Å². The average molecular weight is 309 g/mol. The van der Waals surface area contributed by atoms with E-state index in [0.29, 0.717) is 18.0 Å². The molecule has 0 saturated carbocycles. The van der Waals surface area contributed by atoms with Gasteiger partial charge in [-0.15, -0.1) is 0 Å². The molecule has 0 N–H and O–H groups in total. The Kier molecular flexibility index (Phi) is 6.41. The molecule has 0 aliphatic carbocycles. The van der Waals surface area contributed by atoms with Gasteiger partial charge in [-0.3, -0.25) is 4.90 Å². The van der Waals surface area contributed by atoms with E-state index < -0.39 is 0 Å². The second-order valence-corrected chi connectivity index (χ2v) is 7.10. The smallest absolute Gasteiger partial charge is 0.00412 e. The van der Waals surface area contributed by atoms with Crippen molar-refractivity contribution in [1.29, 1.82) is 0 Å². The zero-order valence-electron chi connectivity index (χ0n) is 15.3. The van der Waals surface area contributed by atoms with Crippen LogP contribution in [0.1, 0.15) is 52.5 Å². The van der Waals surface area contributed by atoms with Gasteiger partial charge in [0.1, 0.15) is 0 Å². The summed E-state index contributed by atoms with van der Waals surface area (Å²) in [6.45, 7) is 12.7. The van der Waals surface area contributed by atoms with Crippen LogP contribution in [0.15, 0.2) is 54.6 Å². The fourth-order valence-corrected chi connectivity index (χ4v) is 3.26. The minimum Gasteiger partial charge on any atom is -0.299 e. The van der Waals surface area contributed by atoms with Crippen LogP contribution in [0, 0.1) is 0 Å². The summed E-state index contributed by atoms with van der Waals surface area (Å²) in [6.07, 6.45) is 1.21. The third-order valence-electron chi connectivity index (χ3n) is 4.73. The zero-order chi connectivity index (χ0) is 16.8. The van der Waals surface area contributed by atoms with Gasteiger partial charge in [0.25, 0.3) is 0 Å².